The lowest BCUT2D eigenvalue weighted by atomic mass is 10.0. The van der Waals surface area contributed by atoms with Gasteiger partial charge in [-0.2, -0.15) is 0 Å². The molecule has 5 nitrogen and oxygen atoms in total. The van der Waals surface area contributed by atoms with Gasteiger partial charge >= 0.3 is 0 Å². The summed E-state index contributed by atoms with van der Waals surface area (Å²) in [6, 6.07) is 6.05. The van der Waals surface area contributed by atoms with Crippen LogP contribution in [0.4, 0.5) is 4.39 Å². The van der Waals surface area contributed by atoms with Crippen LogP contribution in [0.5, 0.6) is 5.75 Å². The molecule has 0 bridgehead atoms. The molecule has 1 aromatic heterocycles. The molecule has 23 heavy (non-hydrogen) atoms. The van der Waals surface area contributed by atoms with Crippen molar-refractivity contribution in [2.24, 2.45) is 0 Å². The minimum Gasteiger partial charge on any atom is -0.491 e. The highest BCUT2D eigenvalue weighted by Gasteiger charge is 2.39. The lowest BCUT2D eigenvalue weighted by Gasteiger charge is -2.28. The highest BCUT2D eigenvalue weighted by atomic mass is 19.1. The number of methoxy groups -OCH3 is 1. The Morgan fingerprint density at radius 2 is 1.96 bits per heavy atom. The van der Waals surface area contributed by atoms with Gasteiger partial charge in [0, 0.05) is 44.7 Å². The van der Waals surface area contributed by atoms with E-state index >= 15 is 0 Å². The van der Waals surface area contributed by atoms with E-state index in [0.717, 1.165) is 31.6 Å². The van der Waals surface area contributed by atoms with Crippen LogP contribution in [0.2, 0.25) is 0 Å². The SMILES string of the molecule is CO[C@@]1(COc2ccc(F)cc2)CCN(Cc2cncnc2)C1. The third kappa shape index (κ3) is 4.03. The fraction of sp³-hybridized carbons (Fsp3) is 0.412. The van der Waals surface area contributed by atoms with Gasteiger partial charge in [-0.05, 0) is 30.7 Å². The van der Waals surface area contributed by atoms with Gasteiger partial charge in [0.2, 0.25) is 0 Å². The Kier molecular flexibility index (Phi) is 4.83. The highest BCUT2D eigenvalue weighted by molar-refractivity contribution is 5.22. The predicted molar refractivity (Wildman–Crippen MR) is 83.6 cm³/mol. The first-order valence-corrected chi connectivity index (χ1v) is 7.59. The molecule has 1 aromatic carbocycles. The van der Waals surface area contributed by atoms with Crippen LogP contribution in [0.15, 0.2) is 43.0 Å². The molecular formula is C17H20FN3O2. The lowest BCUT2D eigenvalue weighted by molar-refractivity contribution is -0.0359. The average molecular weight is 317 g/mol. The standard InChI is InChI=1S/C17H20FN3O2/c1-22-17(12-23-16-4-2-15(18)3-5-16)6-7-21(11-17)10-14-8-19-13-20-9-14/h2-5,8-9,13H,6-7,10-12H2,1H3/t17-/m0/s1. The zero-order valence-corrected chi connectivity index (χ0v) is 13.1. The van der Waals surface area contributed by atoms with Gasteiger partial charge in [-0.15, -0.1) is 0 Å². The molecule has 1 fully saturated rings. The zero-order valence-electron chi connectivity index (χ0n) is 13.1. The molecule has 2 heterocycles. The van der Waals surface area contributed by atoms with Gasteiger partial charge < -0.3 is 9.47 Å². The number of nitrogens with zero attached hydrogens (tertiary/aromatic N) is 3. The topological polar surface area (TPSA) is 47.5 Å². The van der Waals surface area contributed by atoms with Crippen LogP contribution in [-0.2, 0) is 11.3 Å². The van der Waals surface area contributed by atoms with Gasteiger partial charge in [0.05, 0.1) is 0 Å². The molecule has 0 spiro atoms. The molecule has 3 rings (SSSR count). The maximum atomic E-state index is 12.9. The first-order valence-electron chi connectivity index (χ1n) is 7.59. The van der Waals surface area contributed by atoms with Gasteiger partial charge in [0.15, 0.2) is 0 Å². The van der Waals surface area contributed by atoms with Crippen molar-refractivity contribution in [1.29, 1.82) is 0 Å². The van der Waals surface area contributed by atoms with E-state index in [1.54, 1.807) is 19.2 Å². The van der Waals surface area contributed by atoms with Gasteiger partial charge in [-0.3, -0.25) is 4.90 Å². The summed E-state index contributed by atoms with van der Waals surface area (Å²) in [6.07, 6.45) is 6.07. The van der Waals surface area contributed by atoms with E-state index in [9.17, 15) is 4.39 Å². The number of hydrogen-bond donors (Lipinski definition) is 0. The Bertz CT molecular complexity index is 623. The molecule has 0 amide bonds. The minimum atomic E-state index is -0.343. The van der Waals surface area contributed by atoms with Gasteiger partial charge in [-0.25, -0.2) is 14.4 Å². The second-order valence-corrected chi connectivity index (χ2v) is 5.84. The number of likely N-dealkylation sites (tertiary alicyclic amines) is 1. The van der Waals surface area contributed by atoms with Crippen molar-refractivity contribution < 1.29 is 13.9 Å². The van der Waals surface area contributed by atoms with Crippen LogP contribution in [-0.4, -0.2) is 47.3 Å². The van der Waals surface area contributed by atoms with Crippen molar-refractivity contribution in [3.05, 3.63) is 54.4 Å². The van der Waals surface area contributed by atoms with E-state index in [-0.39, 0.29) is 11.4 Å². The molecular weight excluding hydrogens is 297 g/mol. The summed E-state index contributed by atoms with van der Waals surface area (Å²) in [6.45, 7) is 2.94. The summed E-state index contributed by atoms with van der Waals surface area (Å²) in [5.41, 5.74) is 0.739. The summed E-state index contributed by atoms with van der Waals surface area (Å²) < 4.78 is 24.5. The molecule has 6 heteroatoms. The maximum absolute atomic E-state index is 12.9. The van der Waals surface area contributed by atoms with Crippen LogP contribution in [0, 0.1) is 5.82 Å². The molecule has 1 saturated heterocycles. The number of ether oxygens (including phenoxy) is 2. The summed E-state index contributed by atoms with van der Waals surface area (Å²) >= 11 is 0. The molecule has 122 valence electrons. The number of halogens is 1. The number of aromatic nitrogens is 2. The van der Waals surface area contributed by atoms with Crippen LogP contribution in [0.25, 0.3) is 0 Å². The van der Waals surface area contributed by atoms with Crippen molar-refractivity contribution >= 4 is 0 Å². The van der Waals surface area contributed by atoms with E-state index in [1.807, 2.05) is 12.4 Å². The molecule has 0 aliphatic carbocycles. The van der Waals surface area contributed by atoms with Crippen molar-refractivity contribution in [1.82, 2.24) is 14.9 Å². The van der Waals surface area contributed by atoms with Crippen molar-refractivity contribution in [3.63, 3.8) is 0 Å². The molecule has 0 radical (unpaired) electrons. The number of hydrogen-bond acceptors (Lipinski definition) is 5. The van der Waals surface area contributed by atoms with E-state index < -0.39 is 0 Å². The van der Waals surface area contributed by atoms with Gasteiger partial charge in [0.25, 0.3) is 0 Å². The maximum Gasteiger partial charge on any atom is 0.123 e. The van der Waals surface area contributed by atoms with E-state index in [0.29, 0.717) is 12.4 Å². The first-order chi connectivity index (χ1) is 11.2. The lowest BCUT2D eigenvalue weighted by Crippen LogP contribution is -2.41. The van der Waals surface area contributed by atoms with Crippen molar-refractivity contribution in [2.45, 2.75) is 18.6 Å². The smallest absolute Gasteiger partial charge is 0.123 e. The average Bonchev–Trinajstić information content (AvgIpc) is 2.99. The summed E-state index contributed by atoms with van der Waals surface area (Å²) in [5.74, 6) is 0.383. The Labute approximate surface area is 135 Å². The fourth-order valence-electron chi connectivity index (χ4n) is 2.82. The normalized spacial score (nSPS) is 21.5. The molecule has 1 aliphatic rings. The highest BCUT2D eigenvalue weighted by Crippen LogP contribution is 2.27. The van der Waals surface area contributed by atoms with E-state index in [1.165, 1.54) is 18.5 Å². The predicted octanol–water partition coefficient (Wildman–Crippen LogP) is 2.29. The Morgan fingerprint density at radius 3 is 2.65 bits per heavy atom. The quantitative estimate of drug-likeness (QED) is 0.818. The Morgan fingerprint density at radius 1 is 1.22 bits per heavy atom. The van der Waals surface area contributed by atoms with Crippen LogP contribution in [0.1, 0.15) is 12.0 Å². The second kappa shape index (κ2) is 7.02. The van der Waals surface area contributed by atoms with Crippen LogP contribution in [0.3, 0.4) is 0 Å². The molecule has 1 atom stereocenters. The van der Waals surface area contributed by atoms with Crippen LogP contribution < -0.4 is 4.74 Å². The Balaban J connectivity index is 1.57. The number of rotatable bonds is 6. The summed E-state index contributed by atoms with van der Waals surface area (Å²) in [4.78, 5) is 10.4. The molecule has 0 N–H and O–H groups in total. The third-order valence-electron chi connectivity index (χ3n) is 4.16. The van der Waals surface area contributed by atoms with Crippen molar-refractivity contribution in [2.75, 3.05) is 26.8 Å². The fourth-order valence-corrected chi connectivity index (χ4v) is 2.82. The van der Waals surface area contributed by atoms with Crippen LogP contribution >= 0.6 is 0 Å². The van der Waals surface area contributed by atoms with E-state index in [2.05, 4.69) is 14.9 Å². The summed E-state index contributed by atoms with van der Waals surface area (Å²) in [5, 5.41) is 0. The molecule has 2 aromatic rings. The second-order valence-electron chi connectivity index (χ2n) is 5.84. The zero-order chi connectivity index (χ0) is 16.1. The first kappa shape index (κ1) is 15.8. The molecule has 0 saturated carbocycles. The molecule has 0 unspecified atom stereocenters. The van der Waals surface area contributed by atoms with Gasteiger partial charge in [0.1, 0.15) is 30.1 Å². The number of benzene rings is 1. The molecule has 1 aliphatic heterocycles. The minimum absolute atomic E-state index is 0.268. The Hall–Kier alpha value is -2.05. The van der Waals surface area contributed by atoms with E-state index in [4.69, 9.17) is 9.47 Å². The summed E-state index contributed by atoms with van der Waals surface area (Å²) in [7, 11) is 1.71. The third-order valence-corrected chi connectivity index (χ3v) is 4.16. The van der Waals surface area contributed by atoms with Gasteiger partial charge in [-0.1, -0.05) is 0 Å². The monoisotopic (exact) mass is 317 g/mol. The van der Waals surface area contributed by atoms with Crippen molar-refractivity contribution in [3.8, 4) is 5.75 Å². The largest absolute Gasteiger partial charge is 0.491 e.